The first-order valence-corrected chi connectivity index (χ1v) is 10.8. The van der Waals surface area contributed by atoms with E-state index in [1.807, 2.05) is 0 Å². The molecule has 1 aromatic carbocycles. The van der Waals surface area contributed by atoms with Crippen molar-refractivity contribution in [1.29, 1.82) is 0 Å². The number of halogens is 1. The molecule has 0 radical (unpaired) electrons. The van der Waals surface area contributed by atoms with Crippen molar-refractivity contribution in [2.24, 2.45) is 4.99 Å². The summed E-state index contributed by atoms with van der Waals surface area (Å²) in [6, 6.07) is 10.9. The predicted molar refractivity (Wildman–Crippen MR) is 135 cm³/mol. The molecule has 1 aliphatic rings. The molecule has 2 heterocycles. The molecule has 1 fully saturated rings. The summed E-state index contributed by atoms with van der Waals surface area (Å²) in [6.07, 6.45) is 1.78. The number of aliphatic imine (C=N–C) groups is 1. The molecule has 2 aromatic rings. The van der Waals surface area contributed by atoms with Crippen molar-refractivity contribution in [3.05, 3.63) is 75.0 Å². The maximum Gasteiger partial charge on any atom is 0.269 e. The van der Waals surface area contributed by atoms with Crippen LogP contribution < -0.4 is 10.6 Å². The Morgan fingerprint density at radius 2 is 2.03 bits per heavy atom. The minimum Gasteiger partial charge on any atom is -0.379 e. The van der Waals surface area contributed by atoms with Crippen LogP contribution >= 0.6 is 35.3 Å². The molecule has 0 spiro atoms. The number of ether oxygens (including phenoxy) is 1. The minimum atomic E-state index is -0.401. The molecule has 10 heteroatoms. The van der Waals surface area contributed by atoms with Crippen LogP contribution in [0, 0.1) is 10.1 Å². The number of nitro groups is 1. The fourth-order valence-corrected chi connectivity index (χ4v) is 4.07. The monoisotopic (exact) mass is 557 g/mol. The highest BCUT2D eigenvalue weighted by molar-refractivity contribution is 14.0. The van der Waals surface area contributed by atoms with Gasteiger partial charge in [-0.25, -0.2) is 4.99 Å². The maximum atomic E-state index is 10.8. The van der Waals surface area contributed by atoms with Crippen LogP contribution in [-0.2, 0) is 11.3 Å². The SMILES string of the molecule is C=CCNC(=NCc1ccc([N+](=O)[O-])cc1)NCC(c1cccs1)N1CCOCC1.I. The van der Waals surface area contributed by atoms with Crippen LogP contribution in [0.3, 0.4) is 0 Å². The maximum absolute atomic E-state index is 10.8. The number of guanidine groups is 1. The van der Waals surface area contributed by atoms with Crippen molar-refractivity contribution in [3.63, 3.8) is 0 Å². The second kappa shape index (κ2) is 13.4. The standard InChI is InChI=1S/C21H27N5O3S.HI/c1-2-9-22-21(23-15-17-5-7-18(8-6-17)26(27)28)24-16-19(20-4-3-14-30-20)25-10-12-29-13-11-25;/h2-8,14,19H,1,9-13,15-16H2,(H2,22,23,24);1H. The van der Waals surface area contributed by atoms with E-state index >= 15 is 0 Å². The zero-order chi connectivity index (χ0) is 21.2. The molecule has 1 aliphatic heterocycles. The van der Waals surface area contributed by atoms with Gasteiger partial charge in [0.15, 0.2) is 5.96 Å². The number of nitrogens with zero attached hydrogens (tertiary/aromatic N) is 3. The first-order chi connectivity index (χ1) is 14.7. The summed E-state index contributed by atoms with van der Waals surface area (Å²) in [7, 11) is 0. The molecule has 1 atom stereocenters. The van der Waals surface area contributed by atoms with Crippen molar-refractivity contribution in [3.8, 4) is 0 Å². The zero-order valence-electron chi connectivity index (χ0n) is 17.2. The molecule has 0 bridgehead atoms. The molecular formula is C21H28IN5O3S. The fraction of sp³-hybridized carbons (Fsp3) is 0.381. The molecule has 31 heavy (non-hydrogen) atoms. The van der Waals surface area contributed by atoms with Crippen molar-refractivity contribution in [1.82, 2.24) is 15.5 Å². The fourth-order valence-electron chi connectivity index (χ4n) is 3.21. The van der Waals surface area contributed by atoms with E-state index in [9.17, 15) is 10.1 Å². The topological polar surface area (TPSA) is 92.0 Å². The van der Waals surface area contributed by atoms with Crippen LogP contribution in [0.15, 0.2) is 59.4 Å². The quantitative estimate of drug-likeness (QED) is 0.122. The third-order valence-electron chi connectivity index (χ3n) is 4.80. The molecule has 2 N–H and O–H groups in total. The average molecular weight is 557 g/mol. The predicted octanol–water partition coefficient (Wildman–Crippen LogP) is 3.57. The van der Waals surface area contributed by atoms with Crippen LogP contribution in [-0.4, -0.2) is 55.2 Å². The third kappa shape index (κ3) is 7.87. The highest BCUT2D eigenvalue weighted by atomic mass is 127. The molecule has 0 amide bonds. The van der Waals surface area contributed by atoms with Gasteiger partial charge in [-0.3, -0.25) is 15.0 Å². The second-order valence-electron chi connectivity index (χ2n) is 6.82. The van der Waals surface area contributed by atoms with Gasteiger partial charge in [0, 0.05) is 43.2 Å². The van der Waals surface area contributed by atoms with E-state index in [1.165, 1.54) is 17.0 Å². The summed E-state index contributed by atoms with van der Waals surface area (Å²) in [5, 5.41) is 19.6. The van der Waals surface area contributed by atoms with E-state index in [0.29, 0.717) is 25.6 Å². The van der Waals surface area contributed by atoms with Crippen molar-refractivity contribution >= 4 is 47.0 Å². The molecule has 0 aliphatic carbocycles. The second-order valence-corrected chi connectivity index (χ2v) is 7.80. The minimum absolute atomic E-state index is 0. The number of thiophene rings is 1. The van der Waals surface area contributed by atoms with Crippen LogP contribution in [0.25, 0.3) is 0 Å². The van der Waals surface area contributed by atoms with E-state index in [2.05, 4.69) is 44.6 Å². The Morgan fingerprint density at radius 3 is 2.65 bits per heavy atom. The molecule has 1 saturated heterocycles. The smallest absolute Gasteiger partial charge is 0.269 e. The summed E-state index contributed by atoms with van der Waals surface area (Å²) in [6.45, 7) is 8.78. The average Bonchev–Trinajstić information content (AvgIpc) is 3.31. The number of nitro benzene ring substituents is 1. The number of benzene rings is 1. The number of non-ortho nitro benzene ring substituents is 1. The van der Waals surface area contributed by atoms with Gasteiger partial charge < -0.3 is 15.4 Å². The van der Waals surface area contributed by atoms with E-state index in [4.69, 9.17) is 4.74 Å². The number of hydrogen-bond donors (Lipinski definition) is 2. The van der Waals surface area contributed by atoms with Crippen molar-refractivity contribution in [2.45, 2.75) is 12.6 Å². The Balaban J connectivity index is 0.00000341. The summed E-state index contributed by atoms with van der Waals surface area (Å²) < 4.78 is 5.51. The number of morpholine rings is 1. The highest BCUT2D eigenvalue weighted by Gasteiger charge is 2.23. The Labute approximate surface area is 203 Å². The van der Waals surface area contributed by atoms with E-state index in [-0.39, 0.29) is 35.7 Å². The highest BCUT2D eigenvalue weighted by Crippen LogP contribution is 2.25. The molecule has 8 nitrogen and oxygen atoms in total. The first kappa shape index (κ1) is 25.2. The van der Waals surface area contributed by atoms with Gasteiger partial charge in [-0.15, -0.1) is 41.9 Å². The van der Waals surface area contributed by atoms with Gasteiger partial charge in [0.25, 0.3) is 5.69 Å². The summed E-state index contributed by atoms with van der Waals surface area (Å²) in [5.74, 6) is 0.683. The molecule has 3 rings (SSSR count). The normalized spacial score (nSPS) is 15.5. The number of hydrogen-bond acceptors (Lipinski definition) is 6. The van der Waals surface area contributed by atoms with Crippen LogP contribution in [0.2, 0.25) is 0 Å². The van der Waals surface area contributed by atoms with Gasteiger partial charge in [0.05, 0.1) is 30.7 Å². The van der Waals surface area contributed by atoms with E-state index in [1.54, 1.807) is 29.5 Å². The lowest BCUT2D eigenvalue weighted by molar-refractivity contribution is -0.384. The van der Waals surface area contributed by atoms with Gasteiger partial charge in [-0.05, 0) is 17.0 Å². The summed E-state index contributed by atoms with van der Waals surface area (Å²) in [5.41, 5.74) is 0.985. The Hall–Kier alpha value is -2.02. The van der Waals surface area contributed by atoms with Crippen LogP contribution in [0.5, 0.6) is 0 Å². The lowest BCUT2D eigenvalue weighted by atomic mass is 10.2. The lowest BCUT2D eigenvalue weighted by Gasteiger charge is -2.34. The van der Waals surface area contributed by atoms with E-state index in [0.717, 1.165) is 31.9 Å². The molecule has 168 valence electrons. The van der Waals surface area contributed by atoms with Gasteiger partial charge in [-0.2, -0.15) is 0 Å². The van der Waals surface area contributed by atoms with Gasteiger partial charge >= 0.3 is 0 Å². The Kier molecular flexibility index (Phi) is 10.9. The van der Waals surface area contributed by atoms with Crippen LogP contribution in [0.4, 0.5) is 5.69 Å². The Morgan fingerprint density at radius 1 is 1.29 bits per heavy atom. The first-order valence-electron chi connectivity index (χ1n) is 9.89. The number of rotatable bonds is 9. The molecule has 0 saturated carbocycles. The van der Waals surface area contributed by atoms with E-state index < -0.39 is 4.92 Å². The summed E-state index contributed by atoms with van der Waals surface area (Å²) >= 11 is 1.75. The largest absolute Gasteiger partial charge is 0.379 e. The van der Waals surface area contributed by atoms with Crippen molar-refractivity contribution in [2.75, 3.05) is 39.4 Å². The summed E-state index contributed by atoms with van der Waals surface area (Å²) in [4.78, 5) is 18.8. The molecule has 1 unspecified atom stereocenters. The van der Waals surface area contributed by atoms with Crippen molar-refractivity contribution < 1.29 is 9.66 Å². The van der Waals surface area contributed by atoms with Gasteiger partial charge in [0.1, 0.15) is 0 Å². The zero-order valence-corrected chi connectivity index (χ0v) is 20.4. The Bertz CT molecular complexity index is 839. The number of nitrogens with one attached hydrogen (secondary N) is 2. The molecule has 1 aromatic heterocycles. The van der Waals surface area contributed by atoms with Gasteiger partial charge in [0.2, 0.25) is 0 Å². The molecular weight excluding hydrogens is 529 g/mol. The van der Waals surface area contributed by atoms with Gasteiger partial charge in [-0.1, -0.05) is 24.3 Å². The third-order valence-corrected chi connectivity index (χ3v) is 5.78. The lowest BCUT2D eigenvalue weighted by Crippen LogP contribution is -2.46. The van der Waals surface area contributed by atoms with Crippen LogP contribution in [0.1, 0.15) is 16.5 Å².